The Morgan fingerprint density at radius 1 is 1.11 bits per heavy atom. The summed E-state index contributed by atoms with van der Waals surface area (Å²) in [4.78, 5) is 5.18. The number of rotatable bonds is 2. The smallest absolute Gasteiger partial charge is 0.0370 e. The first-order chi connectivity index (χ1) is 8.65. The summed E-state index contributed by atoms with van der Waals surface area (Å²) in [6.07, 6.45) is 2.75. The van der Waals surface area contributed by atoms with Crippen LogP contribution in [0, 0.1) is 0 Å². The first-order valence-electron chi connectivity index (χ1n) is 7.22. The van der Waals surface area contributed by atoms with E-state index in [1.165, 1.54) is 37.2 Å². The van der Waals surface area contributed by atoms with Crippen LogP contribution < -0.4 is 4.90 Å². The van der Waals surface area contributed by atoms with Crippen molar-refractivity contribution in [3.8, 4) is 0 Å². The summed E-state index contributed by atoms with van der Waals surface area (Å²) in [5.41, 5.74) is 2.88. The van der Waals surface area contributed by atoms with Crippen LogP contribution in [-0.2, 0) is 0 Å². The molecule has 2 saturated heterocycles. The topological polar surface area (TPSA) is 6.48 Å². The predicted octanol–water partition coefficient (Wildman–Crippen LogP) is 3.09. The molecular formula is C16H24N2. The Bertz CT molecular complexity index is 413. The molecule has 3 rings (SSSR count). The van der Waals surface area contributed by atoms with Crippen molar-refractivity contribution >= 4 is 5.69 Å². The minimum atomic E-state index is 0.620. The molecule has 2 bridgehead atoms. The van der Waals surface area contributed by atoms with Gasteiger partial charge in [-0.3, -0.25) is 4.90 Å². The molecule has 2 fully saturated rings. The molecule has 0 spiro atoms. The Morgan fingerprint density at radius 3 is 2.39 bits per heavy atom. The van der Waals surface area contributed by atoms with E-state index in [-0.39, 0.29) is 0 Å². The molecule has 2 atom stereocenters. The summed E-state index contributed by atoms with van der Waals surface area (Å²) in [6.45, 7) is 6.95. The lowest BCUT2D eigenvalue weighted by atomic mass is 10.0. The Labute approximate surface area is 111 Å². The molecule has 0 amide bonds. The van der Waals surface area contributed by atoms with Gasteiger partial charge < -0.3 is 4.90 Å². The van der Waals surface area contributed by atoms with Gasteiger partial charge in [0, 0.05) is 30.9 Å². The molecule has 1 aromatic rings. The number of piperazine rings is 1. The fourth-order valence-electron chi connectivity index (χ4n) is 3.41. The highest BCUT2D eigenvalue weighted by Crippen LogP contribution is 2.32. The second kappa shape index (κ2) is 4.58. The molecule has 1 aromatic carbocycles. The second-order valence-electron chi connectivity index (χ2n) is 6.21. The Morgan fingerprint density at radius 2 is 1.78 bits per heavy atom. The van der Waals surface area contributed by atoms with Crippen molar-refractivity contribution in [2.75, 3.05) is 25.0 Å². The summed E-state index contributed by atoms with van der Waals surface area (Å²) in [5, 5.41) is 0. The number of hydrogen-bond acceptors (Lipinski definition) is 2. The molecular weight excluding hydrogens is 220 g/mol. The van der Waals surface area contributed by atoms with Gasteiger partial charge in [-0.15, -0.1) is 0 Å². The highest BCUT2D eigenvalue weighted by atomic mass is 15.3. The number of hydrogen-bond donors (Lipinski definition) is 0. The van der Waals surface area contributed by atoms with Gasteiger partial charge in [-0.05, 0) is 43.5 Å². The van der Waals surface area contributed by atoms with Crippen molar-refractivity contribution in [1.29, 1.82) is 0 Å². The third kappa shape index (κ3) is 2.03. The van der Waals surface area contributed by atoms with Gasteiger partial charge in [-0.1, -0.05) is 26.0 Å². The fourth-order valence-corrected chi connectivity index (χ4v) is 3.41. The normalized spacial score (nSPS) is 28.1. The van der Waals surface area contributed by atoms with E-state index in [9.17, 15) is 0 Å². The van der Waals surface area contributed by atoms with Crippen LogP contribution in [0.25, 0.3) is 0 Å². The minimum Gasteiger partial charge on any atom is -0.368 e. The van der Waals surface area contributed by atoms with Gasteiger partial charge in [-0.2, -0.15) is 0 Å². The Kier molecular flexibility index (Phi) is 3.06. The van der Waals surface area contributed by atoms with Crippen molar-refractivity contribution in [3.05, 3.63) is 29.8 Å². The number of anilines is 1. The van der Waals surface area contributed by atoms with Crippen molar-refractivity contribution in [2.24, 2.45) is 0 Å². The summed E-state index contributed by atoms with van der Waals surface area (Å²) >= 11 is 0. The third-order valence-corrected chi connectivity index (χ3v) is 4.75. The first kappa shape index (κ1) is 12.0. The fraction of sp³-hybridized carbons (Fsp3) is 0.625. The van der Waals surface area contributed by atoms with Crippen LogP contribution in [0.5, 0.6) is 0 Å². The van der Waals surface area contributed by atoms with Gasteiger partial charge in [-0.25, -0.2) is 0 Å². The van der Waals surface area contributed by atoms with Crippen LogP contribution in [-0.4, -0.2) is 37.1 Å². The zero-order valence-corrected chi connectivity index (χ0v) is 11.8. The van der Waals surface area contributed by atoms with E-state index in [1.54, 1.807) is 0 Å². The van der Waals surface area contributed by atoms with E-state index in [0.717, 1.165) is 12.1 Å². The molecule has 2 heteroatoms. The molecule has 2 nitrogen and oxygen atoms in total. The van der Waals surface area contributed by atoms with Crippen molar-refractivity contribution in [2.45, 2.75) is 44.7 Å². The van der Waals surface area contributed by atoms with Gasteiger partial charge in [0.25, 0.3) is 0 Å². The van der Waals surface area contributed by atoms with Crippen LogP contribution in [0.4, 0.5) is 5.69 Å². The number of fused-ring (bicyclic) bond motifs is 2. The highest BCUT2D eigenvalue weighted by molar-refractivity contribution is 5.50. The standard InChI is InChI=1S/C16H24N2/c1-12(2)13-5-4-6-14(9-13)18-10-15-7-8-16(11-18)17(15)3/h4-6,9,12,15-16H,7-8,10-11H2,1-3H3. The first-order valence-corrected chi connectivity index (χ1v) is 7.22. The van der Waals surface area contributed by atoms with Crippen LogP contribution in [0.3, 0.4) is 0 Å². The highest BCUT2D eigenvalue weighted by Gasteiger charge is 2.37. The maximum absolute atomic E-state index is 2.59. The minimum absolute atomic E-state index is 0.620. The maximum Gasteiger partial charge on any atom is 0.0370 e. The van der Waals surface area contributed by atoms with E-state index >= 15 is 0 Å². The molecule has 0 radical (unpaired) electrons. The number of likely N-dealkylation sites (N-methyl/N-ethyl adjacent to an activating group) is 1. The molecule has 2 aliphatic heterocycles. The monoisotopic (exact) mass is 244 g/mol. The van der Waals surface area contributed by atoms with Crippen LogP contribution >= 0.6 is 0 Å². The van der Waals surface area contributed by atoms with Crippen LogP contribution in [0.15, 0.2) is 24.3 Å². The number of nitrogens with zero attached hydrogens (tertiary/aromatic N) is 2. The molecule has 0 saturated carbocycles. The van der Waals surface area contributed by atoms with E-state index in [1.807, 2.05) is 0 Å². The summed E-state index contributed by atoms with van der Waals surface area (Å²) in [5.74, 6) is 0.620. The molecule has 2 aliphatic rings. The number of benzene rings is 1. The molecule has 18 heavy (non-hydrogen) atoms. The van der Waals surface area contributed by atoms with Gasteiger partial charge >= 0.3 is 0 Å². The van der Waals surface area contributed by atoms with Gasteiger partial charge in [0.1, 0.15) is 0 Å². The molecule has 2 unspecified atom stereocenters. The quantitative estimate of drug-likeness (QED) is 0.789. The average molecular weight is 244 g/mol. The lowest BCUT2D eigenvalue weighted by Crippen LogP contribution is -2.52. The lowest BCUT2D eigenvalue weighted by molar-refractivity contribution is 0.212. The van der Waals surface area contributed by atoms with Crippen molar-refractivity contribution in [3.63, 3.8) is 0 Å². The zero-order chi connectivity index (χ0) is 12.7. The Hall–Kier alpha value is -1.02. The van der Waals surface area contributed by atoms with E-state index in [2.05, 4.69) is 55.0 Å². The summed E-state index contributed by atoms with van der Waals surface area (Å²) in [7, 11) is 2.30. The lowest BCUT2D eigenvalue weighted by Gasteiger charge is -2.40. The Balaban J connectivity index is 1.81. The van der Waals surface area contributed by atoms with Gasteiger partial charge in [0.15, 0.2) is 0 Å². The van der Waals surface area contributed by atoms with Crippen LogP contribution in [0.2, 0.25) is 0 Å². The van der Waals surface area contributed by atoms with Crippen LogP contribution in [0.1, 0.15) is 38.2 Å². The predicted molar refractivity (Wildman–Crippen MR) is 77.3 cm³/mol. The second-order valence-corrected chi connectivity index (χ2v) is 6.21. The molecule has 0 aliphatic carbocycles. The van der Waals surface area contributed by atoms with Gasteiger partial charge in [0.2, 0.25) is 0 Å². The third-order valence-electron chi connectivity index (χ3n) is 4.75. The largest absolute Gasteiger partial charge is 0.368 e. The van der Waals surface area contributed by atoms with Gasteiger partial charge in [0.05, 0.1) is 0 Å². The van der Waals surface area contributed by atoms with E-state index in [4.69, 9.17) is 0 Å². The van der Waals surface area contributed by atoms with Crippen molar-refractivity contribution in [1.82, 2.24) is 4.90 Å². The van der Waals surface area contributed by atoms with Crippen molar-refractivity contribution < 1.29 is 0 Å². The summed E-state index contributed by atoms with van der Waals surface area (Å²) in [6, 6.07) is 10.7. The van der Waals surface area contributed by atoms with E-state index < -0.39 is 0 Å². The molecule has 2 heterocycles. The molecule has 0 aromatic heterocycles. The zero-order valence-electron chi connectivity index (χ0n) is 11.8. The summed E-state index contributed by atoms with van der Waals surface area (Å²) < 4.78 is 0. The maximum atomic E-state index is 2.59. The average Bonchev–Trinajstić information content (AvgIpc) is 2.61. The molecule has 98 valence electrons. The SMILES string of the molecule is CC(C)c1cccc(N2CC3CCC(C2)N3C)c1. The van der Waals surface area contributed by atoms with E-state index in [0.29, 0.717) is 5.92 Å². The molecule has 0 N–H and O–H groups in total.